The van der Waals surface area contributed by atoms with Crippen LogP contribution in [0.1, 0.15) is 0 Å². The van der Waals surface area contributed by atoms with Crippen molar-refractivity contribution in [1.29, 1.82) is 0 Å². The van der Waals surface area contributed by atoms with Crippen molar-refractivity contribution in [2.75, 3.05) is 30.5 Å². The van der Waals surface area contributed by atoms with E-state index in [4.69, 9.17) is 14.9 Å². The van der Waals surface area contributed by atoms with E-state index >= 15 is 0 Å². The highest BCUT2D eigenvalue weighted by Crippen LogP contribution is 2.37. The number of carbonyl (C=O) groups is 1. The number of benzene rings is 1. The van der Waals surface area contributed by atoms with Gasteiger partial charge in [0.25, 0.3) is 11.6 Å². The summed E-state index contributed by atoms with van der Waals surface area (Å²) >= 11 is 0. The summed E-state index contributed by atoms with van der Waals surface area (Å²) in [7, 11) is 0. The number of aliphatic hydroxyl groups is 2. The van der Waals surface area contributed by atoms with Crippen LogP contribution < -0.4 is 15.4 Å². The highest BCUT2D eigenvalue weighted by atomic mass is 16.6. The molecule has 108 valence electrons. The van der Waals surface area contributed by atoms with E-state index in [9.17, 15) is 14.9 Å². The van der Waals surface area contributed by atoms with Gasteiger partial charge >= 0.3 is 0 Å². The molecule has 0 aliphatic carbocycles. The number of nitro benzene ring substituents is 1. The molecule has 0 saturated heterocycles. The van der Waals surface area contributed by atoms with Crippen molar-refractivity contribution in [1.82, 2.24) is 0 Å². The molecule has 0 bridgehead atoms. The molecule has 2 rings (SSSR count). The first-order chi connectivity index (χ1) is 9.55. The molecule has 0 unspecified atom stereocenters. The molecule has 1 aromatic carbocycles. The molecular weight excluding hydrogens is 270 g/mol. The van der Waals surface area contributed by atoms with Crippen LogP contribution in [0.25, 0.3) is 0 Å². The van der Waals surface area contributed by atoms with Crippen LogP contribution in [-0.4, -0.2) is 46.9 Å². The molecule has 9 heteroatoms. The van der Waals surface area contributed by atoms with Crippen LogP contribution in [0.2, 0.25) is 0 Å². The van der Waals surface area contributed by atoms with Gasteiger partial charge < -0.3 is 25.6 Å². The monoisotopic (exact) mass is 283 g/mol. The quantitative estimate of drug-likeness (QED) is 0.430. The molecule has 0 fully saturated rings. The molecular formula is C11H13N3O6. The maximum atomic E-state index is 11.2. The van der Waals surface area contributed by atoms with Crippen LogP contribution >= 0.6 is 0 Å². The Morgan fingerprint density at radius 2 is 2.15 bits per heavy atom. The predicted molar refractivity (Wildman–Crippen MR) is 68.8 cm³/mol. The van der Waals surface area contributed by atoms with Gasteiger partial charge in [0.2, 0.25) is 0 Å². The summed E-state index contributed by atoms with van der Waals surface area (Å²) in [6, 6.07) is 1.78. The number of amides is 1. The minimum absolute atomic E-state index is 0.0765. The summed E-state index contributed by atoms with van der Waals surface area (Å²) in [5.74, 6) is -0.162. The van der Waals surface area contributed by atoms with E-state index in [1.807, 2.05) is 0 Å². The van der Waals surface area contributed by atoms with Gasteiger partial charge in [-0.3, -0.25) is 14.9 Å². The number of rotatable bonds is 5. The molecule has 0 saturated carbocycles. The normalized spacial score (nSPS) is 13.4. The number of nitrogens with one attached hydrogen (secondary N) is 2. The van der Waals surface area contributed by atoms with E-state index < -0.39 is 24.2 Å². The smallest absolute Gasteiger partial charge is 0.296 e. The lowest BCUT2D eigenvalue weighted by molar-refractivity contribution is -0.384. The first-order valence-electron chi connectivity index (χ1n) is 5.78. The van der Waals surface area contributed by atoms with Gasteiger partial charge in [0, 0.05) is 0 Å². The molecule has 0 spiro atoms. The average molecular weight is 283 g/mol. The van der Waals surface area contributed by atoms with Crippen LogP contribution in [0.15, 0.2) is 12.1 Å². The van der Waals surface area contributed by atoms with E-state index in [0.29, 0.717) is 5.69 Å². The van der Waals surface area contributed by atoms with Gasteiger partial charge in [0.15, 0.2) is 12.4 Å². The SMILES string of the molecule is O=C1COc2cc([N+](=O)[O-])c(NC(CO)CO)cc2N1. The molecule has 9 nitrogen and oxygen atoms in total. The number of aliphatic hydroxyl groups excluding tert-OH is 2. The number of anilines is 2. The fourth-order valence-electron chi connectivity index (χ4n) is 1.75. The maximum absolute atomic E-state index is 11.2. The second kappa shape index (κ2) is 5.72. The van der Waals surface area contributed by atoms with E-state index in [0.717, 1.165) is 0 Å². The van der Waals surface area contributed by atoms with Gasteiger partial charge in [0.1, 0.15) is 5.69 Å². The molecule has 0 radical (unpaired) electrons. The zero-order valence-corrected chi connectivity index (χ0v) is 10.3. The lowest BCUT2D eigenvalue weighted by Crippen LogP contribution is -2.29. The summed E-state index contributed by atoms with van der Waals surface area (Å²) in [5.41, 5.74) is 0.100. The summed E-state index contributed by atoms with van der Waals surface area (Å²) < 4.78 is 5.10. The fourth-order valence-corrected chi connectivity index (χ4v) is 1.75. The van der Waals surface area contributed by atoms with Gasteiger partial charge in [-0.1, -0.05) is 0 Å². The van der Waals surface area contributed by atoms with E-state index in [2.05, 4.69) is 10.6 Å². The van der Waals surface area contributed by atoms with Gasteiger partial charge in [0.05, 0.1) is 35.9 Å². The van der Waals surface area contributed by atoms with Crippen LogP contribution in [0.4, 0.5) is 17.1 Å². The second-order valence-electron chi connectivity index (χ2n) is 4.17. The van der Waals surface area contributed by atoms with Crippen LogP contribution in [0.5, 0.6) is 5.75 Å². The molecule has 1 heterocycles. The molecule has 0 atom stereocenters. The van der Waals surface area contributed by atoms with Gasteiger partial charge in [-0.05, 0) is 6.07 Å². The molecule has 1 aromatic rings. The maximum Gasteiger partial charge on any atom is 0.296 e. The van der Waals surface area contributed by atoms with Gasteiger partial charge in [-0.2, -0.15) is 0 Å². The number of carbonyl (C=O) groups excluding carboxylic acids is 1. The van der Waals surface area contributed by atoms with E-state index in [-0.39, 0.29) is 29.6 Å². The lowest BCUT2D eigenvalue weighted by atomic mass is 10.2. The molecule has 1 amide bonds. The zero-order valence-electron chi connectivity index (χ0n) is 10.3. The lowest BCUT2D eigenvalue weighted by Gasteiger charge is -2.20. The number of hydrogen-bond donors (Lipinski definition) is 4. The minimum atomic E-state index is -0.744. The van der Waals surface area contributed by atoms with Crippen molar-refractivity contribution in [3.8, 4) is 5.75 Å². The zero-order chi connectivity index (χ0) is 14.7. The molecule has 1 aliphatic rings. The predicted octanol–water partition coefficient (Wildman–Crippen LogP) is -0.309. The third-order valence-corrected chi connectivity index (χ3v) is 2.73. The standard InChI is InChI=1S/C11H13N3O6/c15-3-6(4-16)12-7-1-8-10(2-9(7)14(18)19)20-5-11(17)13-8/h1-2,6,12,15-16H,3-5H2,(H,13,17). The number of hydrogen-bond acceptors (Lipinski definition) is 7. The van der Waals surface area contributed by atoms with Crippen molar-refractivity contribution < 1.29 is 24.7 Å². The van der Waals surface area contributed by atoms with E-state index in [1.54, 1.807) is 0 Å². The third-order valence-electron chi connectivity index (χ3n) is 2.73. The highest BCUT2D eigenvalue weighted by Gasteiger charge is 2.24. The number of ether oxygens (including phenoxy) is 1. The number of fused-ring (bicyclic) bond motifs is 1. The average Bonchev–Trinajstić information content (AvgIpc) is 2.43. The molecule has 1 aliphatic heterocycles. The van der Waals surface area contributed by atoms with Crippen LogP contribution in [-0.2, 0) is 4.79 Å². The summed E-state index contributed by atoms with van der Waals surface area (Å²) in [4.78, 5) is 21.6. The number of nitro groups is 1. The number of nitrogens with zero attached hydrogens (tertiary/aromatic N) is 1. The third kappa shape index (κ3) is 2.78. The Bertz CT molecular complexity index is 543. The van der Waals surface area contributed by atoms with Crippen LogP contribution in [0.3, 0.4) is 0 Å². The first-order valence-corrected chi connectivity index (χ1v) is 5.78. The van der Waals surface area contributed by atoms with E-state index in [1.165, 1.54) is 12.1 Å². The Hall–Kier alpha value is -2.39. The van der Waals surface area contributed by atoms with Crippen LogP contribution in [0, 0.1) is 10.1 Å². The summed E-state index contributed by atoms with van der Waals surface area (Å²) in [6.45, 7) is -0.992. The first kappa shape index (κ1) is 14.0. The molecule has 4 N–H and O–H groups in total. The highest BCUT2D eigenvalue weighted by molar-refractivity contribution is 5.96. The fraction of sp³-hybridized carbons (Fsp3) is 0.364. The van der Waals surface area contributed by atoms with Crippen molar-refractivity contribution in [2.24, 2.45) is 0 Å². The van der Waals surface area contributed by atoms with Gasteiger partial charge in [-0.15, -0.1) is 0 Å². The Kier molecular flexibility index (Phi) is 4.01. The van der Waals surface area contributed by atoms with Crippen molar-refractivity contribution in [3.63, 3.8) is 0 Å². The Morgan fingerprint density at radius 1 is 1.45 bits per heavy atom. The summed E-state index contributed by atoms with van der Waals surface area (Å²) in [6.07, 6.45) is 0. The topological polar surface area (TPSA) is 134 Å². The van der Waals surface area contributed by atoms with Crippen molar-refractivity contribution >= 4 is 23.0 Å². The Labute approximate surface area is 113 Å². The molecule has 20 heavy (non-hydrogen) atoms. The van der Waals surface area contributed by atoms with Gasteiger partial charge in [-0.25, -0.2) is 0 Å². The largest absolute Gasteiger partial charge is 0.481 e. The summed E-state index contributed by atoms with van der Waals surface area (Å²) in [5, 5.41) is 34.2. The molecule has 0 aromatic heterocycles. The Morgan fingerprint density at radius 3 is 2.75 bits per heavy atom. The van der Waals surface area contributed by atoms with Crippen molar-refractivity contribution in [2.45, 2.75) is 6.04 Å². The second-order valence-corrected chi connectivity index (χ2v) is 4.17. The van der Waals surface area contributed by atoms with Crippen molar-refractivity contribution in [3.05, 3.63) is 22.2 Å². The minimum Gasteiger partial charge on any atom is -0.481 e. The Balaban J connectivity index is 2.40.